The molecule has 0 aliphatic carbocycles. The van der Waals surface area contributed by atoms with E-state index in [4.69, 9.17) is 4.74 Å². The largest absolute Gasteiger partial charge is 0.489 e. The van der Waals surface area contributed by atoms with E-state index in [1.165, 1.54) is 5.56 Å². The van der Waals surface area contributed by atoms with Crippen LogP contribution in [0.3, 0.4) is 0 Å². The van der Waals surface area contributed by atoms with E-state index in [9.17, 15) is 0 Å². The number of aryl methyl sites for hydroxylation is 1. The molecule has 0 bridgehead atoms. The van der Waals surface area contributed by atoms with Crippen molar-refractivity contribution in [2.24, 2.45) is 0 Å². The predicted molar refractivity (Wildman–Crippen MR) is 107 cm³/mol. The molecule has 0 radical (unpaired) electrons. The average Bonchev–Trinajstić information content (AvgIpc) is 2.64. The van der Waals surface area contributed by atoms with Gasteiger partial charge in [0, 0.05) is 11.9 Å². The van der Waals surface area contributed by atoms with Crippen LogP contribution < -0.4 is 15.4 Å². The smallest absolute Gasteiger partial charge is 0.229 e. The standard InChI is InChI=1S/C21H24N4O/c1-4-16-9-11-17(12-10-16)23-21-22-14-13-20(25-21)24-18-7-5-6-8-19(18)26-15(2)3/h5-15H,4H2,1-3H3,(H2,22,23,24,25). The summed E-state index contributed by atoms with van der Waals surface area (Å²) in [5.74, 6) is 2.04. The van der Waals surface area contributed by atoms with E-state index in [-0.39, 0.29) is 6.10 Å². The lowest BCUT2D eigenvalue weighted by Gasteiger charge is -2.15. The predicted octanol–water partition coefficient (Wildman–Crippen LogP) is 5.31. The van der Waals surface area contributed by atoms with Crippen molar-refractivity contribution in [2.75, 3.05) is 10.6 Å². The van der Waals surface area contributed by atoms with Crippen molar-refractivity contribution in [3.05, 3.63) is 66.4 Å². The molecule has 2 N–H and O–H groups in total. The number of ether oxygens (including phenoxy) is 1. The highest BCUT2D eigenvalue weighted by Crippen LogP contribution is 2.28. The first-order chi connectivity index (χ1) is 12.6. The maximum Gasteiger partial charge on any atom is 0.229 e. The maximum atomic E-state index is 5.84. The third kappa shape index (κ3) is 4.72. The summed E-state index contributed by atoms with van der Waals surface area (Å²) in [4.78, 5) is 8.83. The number of hydrogen-bond donors (Lipinski definition) is 2. The molecule has 3 rings (SSSR count). The molecule has 2 aromatic carbocycles. The van der Waals surface area contributed by atoms with Crippen LogP contribution in [0.5, 0.6) is 5.75 Å². The van der Waals surface area contributed by atoms with Crippen LogP contribution in [0.1, 0.15) is 26.3 Å². The Labute approximate surface area is 154 Å². The van der Waals surface area contributed by atoms with Gasteiger partial charge in [-0.15, -0.1) is 0 Å². The van der Waals surface area contributed by atoms with E-state index in [1.807, 2.05) is 56.3 Å². The van der Waals surface area contributed by atoms with Crippen LogP contribution in [0.15, 0.2) is 60.8 Å². The zero-order valence-electron chi connectivity index (χ0n) is 15.4. The summed E-state index contributed by atoms with van der Waals surface area (Å²) in [7, 11) is 0. The Morgan fingerprint density at radius 3 is 2.46 bits per heavy atom. The van der Waals surface area contributed by atoms with E-state index in [0.717, 1.165) is 23.5 Å². The van der Waals surface area contributed by atoms with Gasteiger partial charge in [0.25, 0.3) is 0 Å². The topological polar surface area (TPSA) is 59.1 Å². The average molecular weight is 348 g/mol. The molecule has 0 saturated heterocycles. The Kier molecular flexibility index (Phi) is 5.69. The highest BCUT2D eigenvalue weighted by atomic mass is 16.5. The lowest BCUT2D eigenvalue weighted by atomic mass is 10.1. The summed E-state index contributed by atoms with van der Waals surface area (Å²) >= 11 is 0. The van der Waals surface area contributed by atoms with Gasteiger partial charge in [-0.1, -0.05) is 31.2 Å². The second-order valence-corrected chi connectivity index (χ2v) is 6.23. The van der Waals surface area contributed by atoms with E-state index in [2.05, 4.69) is 39.7 Å². The first-order valence-electron chi connectivity index (χ1n) is 8.85. The molecule has 0 saturated carbocycles. The van der Waals surface area contributed by atoms with Crippen molar-refractivity contribution >= 4 is 23.1 Å². The zero-order chi connectivity index (χ0) is 18.4. The molecular weight excluding hydrogens is 324 g/mol. The number of hydrogen-bond acceptors (Lipinski definition) is 5. The molecule has 0 amide bonds. The van der Waals surface area contributed by atoms with Gasteiger partial charge in [0.2, 0.25) is 5.95 Å². The van der Waals surface area contributed by atoms with Crippen LogP contribution in [0.25, 0.3) is 0 Å². The summed E-state index contributed by atoms with van der Waals surface area (Å²) in [6.45, 7) is 6.15. The second-order valence-electron chi connectivity index (χ2n) is 6.23. The normalized spacial score (nSPS) is 10.6. The van der Waals surface area contributed by atoms with Crippen molar-refractivity contribution in [3.63, 3.8) is 0 Å². The molecule has 0 aliphatic heterocycles. The summed E-state index contributed by atoms with van der Waals surface area (Å²) in [6.07, 6.45) is 2.85. The summed E-state index contributed by atoms with van der Waals surface area (Å²) in [6, 6.07) is 17.9. The molecule has 3 aromatic rings. The number of para-hydroxylation sites is 2. The molecule has 134 valence electrons. The number of nitrogens with zero attached hydrogens (tertiary/aromatic N) is 2. The molecular formula is C21H24N4O. The van der Waals surface area contributed by atoms with E-state index in [1.54, 1.807) is 6.20 Å². The first-order valence-corrected chi connectivity index (χ1v) is 8.85. The van der Waals surface area contributed by atoms with Gasteiger partial charge in [-0.25, -0.2) is 4.98 Å². The molecule has 5 nitrogen and oxygen atoms in total. The zero-order valence-corrected chi connectivity index (χ0v) is 15.4. The Morgan fingerprint density at radius 1 is 0.962 bits per heavy atom. The number of nitrogens with one attached hydrogen (secondary N) is 2. The fourth-order valence-corrected chi connectivity index (χ4v) is 2.51. The van der Waals surface area contributed by atoms with Crippen LogP contribution in [0.2, 0.25) is 0 Å². The monoisotopic (exact) mass is 348 g/mol. The molecule has 1 aromatic heterocycles. The molecule has 5 heteroatoms. The van der Waals surface area contributed by atoms with E-state index < -0.39 is 0 Å². The maximum absolute atomic E-state index is 5.84. The fraction of sp³-hybridized carbons (Fsp3) is 0.238. The number of anilines is 4. The van der Waals surface area contributed by atoms with Crippen molar-refractivity contribution in [2.45, 2.75) is 33.3 Å². The number of rotatable bonds is 7. The minimum Gasteiger partial charge on any atom is -0.489 e. The van der Waals surface area contributed by atoms with Gasteiger partial charge in [-0.2, -0.15) is 4.98 Å². The molecule has 0 spiro atoms. The van der Waals surface area contributed by atoms with Crippen LogP contribution in [-0.4, -0.2) is 16.1 Å². The van der Waals surface area contributed by atoms with E-state index in [0.29, 0.717) is 11.8 Å². The molecule has 26 heavy (non-hydrogen) atoms. The highest BCUT2D eigenvalue weighted by Gasteiger charge is 2.07. The first kappa shape index (κ1) is 17.7. The summed E-state index contributed by atoms with van der Waals surface area (Å²) < 4.78 is 5.84. The van der Waals surface area contributed by atoms with Gasteiger partial charge < -0.3 is 15.4 Å². The number of aromatic nitrogens is 2. The molecule has 0 fully saturated rings. The third-order valence-electron chi connectivity index (χ3n) is 3.79. The lowest BCUT2D eigenvalue weighted by molar-refractivity contribution is 0.244. The van der Waals surface area contributed by atoms with Gasteiger partial charge in [-0.05, 0) is 56.2 Å². The third-order valence-corrected chi connectivity index (χ3v) is 3.79. The molecule has 0 aliphatic rings. The Hall–Kier alpha value is -3.08. The van der Waals surface area contributed by atoms with Crippen molar-refractivity contribution in [3.8, 4) is 5.75 Å². The van der Waals surface area contributed by atoms with Gasteiger partial charge in [-0.3, -0.25) is 0 Å². The fourth-order valence-electron chi connectivity index (χ4n) is 2.51. The van der Waals surface area contributed by atoms with Crippen LogP contribution >= 0.6 is 0 Å². The van der Waals surface area contributed by atoms with Gasteiger partial charge >= 0.3 is 0 Å². The van der Waals surface area contributed by atoms with Crippen molar-refractivity contribution < 1.29 is 4.74 Å². The van der Waals surface area contributed by atoms with Crippen molar-refractivity contribution in [1.29, 1.82) is 0 Å². The molecule has 0 atom stereocenters. The molecule has 1 heterocycles. The summed E-state index contributed by atoms with van der Waals surface area (Å²) in [5, 5.41) is 6.54. The second kappa shape index (κ2) is 8.34. The highest BCUT2D eigenvalue weighted by molar-refractivity contribution is 5.65. The van der Waals surface area contributed by atoms with Crippen LogP contribution in [0, 0.1) is 0 Å². The SMILES string of the molecule is CCc1ccc(Nc2nccc(Nc3ccccc3OC(C)C)n2)cc1. The summed E-state index contributed by atoms with van der Waals surface area (Å²) in [5.41, 5.74) is 3.13. The van der Waals surface area contributed by atoms with E-state index >= 15 is 0 Å². The van der Waals surface area contributed by atoms with Crippen LogP contribution in [0.4, 0.5) is 23.1 Å². The van der Waals surface area contributed by atoms with Crippen LogP contribution in [-0.2, 0) is 6.42 Å². The quantitative estimate of drug-likeness (QED) is 0.606. The van der Waals surface area contributed by atoms with Crippen molar-refractivity contribution in [1.82, 2.24) is 9.97 Å². The molecule has 0 unspecified atom stereocenters. The van der Waals surface area contributed by atoms with Gasteiger partial charge in [0.15, 0.2) is 0 Å². The lowest BCUT2D eigenvalue weighted by Crippen LogP contribution is -2.07. The van der Waals surface area contributed by atoms with Gasteiger partial charge in [0.05, 0.1) is 11.8 Å². The Morgan fingerprint density at radius 2 is 1.73 bits per heavy atom. The van der Waals surface area contributed by atoms with Gasteiger partial charge in [0.1, 0.15) is 11.6 Å². The Balaban J connectivity index is 1.75. The number of benzene rings is 2. The Bertz CT molecular complexity index is 847. The minimum atomic E-state index is 0.103. The minimum absolute atomic E-state index is 0.103.